The highest BCUT2D eigenvalue weighted by molar-refractivity contribution is 5.87. The topological polar surface area (TPSA) is 64.6 Å². The average molecular weight is 269 g/mol. The van der Waals surface area contributed by atoms with Crippen LogP contribution >= 0.6 is 0 Å². The molecule has 1 saturated carbocycles. The zero-order valence-corrected chi connectivity index (χ0v) is 11.5. The van der Waals surface area contributed by atoms with E-state index in [0.29, 0.717) is 6.61 Å². The molecule has 1 N–H and O–H groups in total. The Balaban J connectivity index is 1.96. The van der Waals surface area contributed by atoms with Crippen molar-refractivity contribution in [2.24, 2.45) is 5.92 Å². The van der Waals surface area contributed by atoms with Gasteiger partial charge >= 0.3 is 5.97 Å². The minimum Gasteiger partial charge on any atom is -0.467 e. The van der Waals surface area contributed by atoms with E-state index in [1.54, 1.807) is 0 Å². The van der Waals surface area contributed by atoms with Crippen LogP contribution in [0.3, 0.4) is 0 Å². The second-order valence-electron chi connectivity index (χ2n) is 5.41. The maximum atomic E-state index is 12.1. The number of carbonyl (C=O) groups is 2. The standard InChI is InChI=1S/C14H23NO4/c1-18-14(17)12(10-6-3-2-4-7-10)15-13(16)11-8-5-9-19-11/h10-12H,2-9H2,1H3,(H,15,16)/t11-,12+/m1/s1. The molecule has 0 aromatic heterocycles. The van der Waals surface area contributed by atoms with E-state index in [0.717, 1.165) is 38.5 Å². The van der Waals surface area contributed by atoms with Crippen molar-refractivity contribution in [3.8, 4) is 0 Å². The first kappa shape index (κ1) is 14.3. The first-order valence-electron chi connectivity index (χ1n) is 7.22. The number of esters is 1. The summed E-state index contributed by atoms with van der Waals surface area (Å²) in [5.41, 5.74) is 0. The van der Waals surface area contributed by atoms with E-state index < -0.39 is 12.1 Å². The summed E-state index contributed by atoms with van der Waals surface area (Å²) >= 11 is 0. The van der Waals surface area contributed by atoms with Crippen molar-refractivity contribution in [1.29, 1.82) is 0 Å². The summed E-state index contributed by atoms with van der Waals surface area (Å²) < 4.78 is 10.2. The Bertz CT molecular complexity index is 319. The van der Waals surface area contributed by atoms with Crippen molar-refractivity contribution >= 4 is 11.9 Å². The van der Waals surface area contributed by atoms with Gasteiger partial charge in [0.25, 0.3) is 0 Å². The molecule has 0 radical (unpaired) electrons. The molecule has 5 heteroatoms. The Morgan fingerprint density at radius 2 is 1.89 bits per heavy atom. The van der Waals surface area contributed by atoms with Crippen molar-refractivity contribution < 1.29 is 19.1 Å². The lowest BCUT2D eigenvalue weighted by Gasteiger charge is -2.29. The predicted octanol–water partition coefficient (Wildman–Crippen LogP) is 1.40. The summed E-state index contributed by atoms with van der Waals surface area (Å²) in [6.07, 6.45) is 6.66. The monoisotopic (exact) mass is 269 g/mol. The minimum atomic E-state index is -0.512. The summed E-state index contributed by atoms with van der Waals surface area (Å²) in [5.74, 6) is -0.303. The third-order valence-corrected chi connectivity index (χ3v) is 4.10. The molecule has 1 heterocycles. The van der Waals surface area contributed by atoms with Gasteiger partial charge in [0.2, 0.25) is 5.91 Å². The molecule has 0 spiro atoms. The summed E-state index contributed by atoms with van der Waals surface area (Å²) in [4.78, 5) is 24.0. The second kappa shape index (κ2) is 6.89. The van der Waals surface area contributed by atoms with Crippen LogP contribution in [0.15, 0.2) is 0 Å². The van der Waals surface area contributed by atoms with Crippen LogP contribution in [0.25, 0.3) is 0 Å². The molecule has 2 aliphatic rings. The van der Waals surface area contributed by atoms with Gasteiger partial charge in [0, 0.05) is 6.61 Å². The predicted molar refractivity (Wildman–Crippen MR) is 69.5 cm³/mol. The van der Waals surface area contributed by atoms with E-state index in [-0.39, 0.29) is 17.8 Å². The van der Waals surface area contributed by atoms with Crippen LogP contribution in [0.5, 0.6) is 0 Å². The summed E-state index contributed by atoms with van der Waals surface area (Å²) in [7, 11) is 1.37. The number of nitrogens with one attached hydrogen (secondary N) is 1. The molecule has 5 nitrogen and oxygen atoms in total. The number of carbonyl (C=O) groups excluding carboxylic acids is 2. The SMILES string of the molecule is COC(=O)[C@@H](NC(=O)[C@H]1CCCO1)C1CCCCC1. The highest BCUT2D eigenvalue weighted by Crippen LogP contribution is 2.27. The van der Waals surface area contributed by atoms with Crippen LogP contribution in [0.1, 0.15) is 44.9 Å². The average Bonchev–Trinajstić information content (AvgIpc) is 2.99. The smallest absolute Gasteiger partial charge is 0.328 e. The van der Waals surface area contributed by atoms with Gasteiger partial charge in [-0.05, 0) is 31.6 Å². The highest BCUT2D eigenvalue weighted by Gasteiger charge is 2.34. The molecule has 0 aromatic carbocycles. The van der Waals surface area contributed by atoms with E-state index in [4.69, 9.17) is 9.47 Å². The second-order valence-corrected chi connectivity index (χ2v) is 5.41. The van der Waals surface area contributed by atoms with Crippen molar-refractivity contribution in [2.75, 3.05) is 13.7 Å². The Labute approximate surface area is 114 Å². The van der Waals surface area contributed by atoms with Crippen LogP contribution in [0.2, 0.25) is 0 Å². The van der Waals surface area contributed by atoms with E-state index in [1.165, 1.54) is 13.5 Å². The Morgan fingerprint density at radius 3 is 2.47 bits per heavy atom. The third kappa shape index (κ3) is 3.69. The summed E-state index contributed by atoms with van der Waals surface area (Å²) in [5, 5.41) is 2.84. The van der Waals surface area contributed by atoms with Crippen LogP contribution in [0.4, 0.5) is 0 Å². The van der Waals surface area contributed by atoms with Crippen LogP contribution in [-0.4, -0.2) is 37.7 Å². The van der Waals surface area contributed by atoms with E-state index in [1.807, 2.05) is 0 Å². The van der Waals surface area contributed by atoms with Crippen LogP contribution in [-0.2, 0) is 19.1 Å². The van der Waals surface area contributed by atoms with Gasteiger partial charge in [-0.1, -0.05) is 19.3 Å². The van der Waals surface area contributed by atoms with Gasteiger partial charge < -0.3 is 14.8 Å². The molecule has 2 fully saturated rings. The van der Waals surface area contributed by atoms with Gasteiger partial charge in [-0.25, -0.2) is 4.79 Å². The Kier molecular flexibility index (Phi) is 5.19. The summed E-state index contributed by atoms with van der Waals surface area (Å²) in [6, 6.07) is -0.512. The van der Waals surface area contributed by atoms with Crippen molar-refractivity contribution in [3.63, 3.8) is 0 Å². The molecule has 1 amide bonds. The minimum absolute atomic E-state index is 0.168. The number of rotatable bonds is 4. The quantitative estimate of drug-likeness (QED) is 0.784. The molecule has 1 aliphatic carbocycles. The summed E-state index contributed by atoms with van der Waals surface area (Å²) in [6.45, 7) is 0.629. The molecule has 2 atom stereocenters. The number of ether oxygens (including phenoxy) is 2. The molecule has 1 aliphatic heterocycles. The van der Waals surface area contributed by atoms with Gasteiger partial charge in [0.15, 0.2) is 0 Å². The Morgan fingerprint density at radius 1 is 1.16 bits per heavy atom. The van der Waals surface area contributed by atoms with E-state index in [2.05, 4.69) is 5.32 Å². The molecule has 2 rings (SSSR count). The molecule has 1 saturated heterocycles. The van der Waals surface area contributed by atoms with Crippen LogP contribution < -0.4 is 5.32 Å². The van der Waals surface area contributed by atoms with Crippen molar-refractivity contribution in [2.45, 2.75) is 57.1 Å². The fourth-order valence-corrected chi connectivity index (χ4v) is 2.99. The largest absolute Gasteiger partial charge is 0.467 e. The van der Waals surface area contributed by atoms with E-state index in [9.17, 15) is 9.59 Å². The first-order chi connectivity index (χ1) is 9.22. The molecule has 0 aromatic rings. The van der Waals surface area contributed by atoms with Gasteiger partial charge in [0.1, 0.15) is 12.1 Å². The van der Waals surface area contributed by atoms with Gasteiger partial charge in [0.05, 0.1) is 7.11 Å². The molecule has 108 valence electrons. The molecular weight excluding hydrogens is 246 g/mol. The van der Waals surface area contributed by atoms with Gasteiger partial charge in [-0.2, -0.15) is 0 Å². The lowest BCUT2D eigenvalue weighted by molar-refractivity contribution is -0.148. The molecule has 19 heavy (non-hydrogen) atoms. The van der Waals surface area contributed by atoms with Gasteiger partial charge in [-0.15, -0.1) is 0 Å². The number of hydrogen-bond donors (Lipinski definition) is 1. The van der Waals surface area contributed by atoms with E-state index >= 15 is 0 Å². The third-order valence-electron chi connectivity index (χ3n) is 4.10. The first-order valence-corrected chi connectivity index (χ1v) is 7.22. The number of methoxy groups -OCH3 is 1. The lowest BCUT2D eigenvalue weighted by Crippen LogP contribution is -2.50. The normalized spacial score (nSPS) is 25.8. The van der Waals surface area contributed by atoms with Gasteiger partial charge in [-0.3, -0.25) is 4.79 Å². The Hall–Kier alpha value is -1.10. The fourth-order valence-electron chi connectivity index (χ4n) is 2.99. The van der Waals surface area contributed by atoms with Crippen LogP contribution in [0, 0.1) is 5.92 Å². The zero-order chi connectivity index (χ0) is 13.7. The number of amides is 1. The fraction of sp³-hybridized carbons (Fsp3) is 0.857. The lowest BCUT2D eigenvalue weighted by atomic mass is 9.83. The molecule has 0 unspecified atom stereocenters. The zero-order valence-electron chi connectivity index (χ0n) is 11.5. The number of hydrogen-bond acceptors (Lipinski definition) is 4. The maximum Gasteiger partial charge on any atom is 0.328 e. The molecule has 0 bridgehead atoms. The highest BCUT2D eigenvalue weighted by atomic mass is 16.5. The van der Waals surface area contributed by atoms with Crippen molar-refractivity contribution in [3.05, 3.63) is 0 Å². The maximum absolute atomic E-state index is 12.1. The molecular formula is C14H23NO4. The van der Waals surface area contributed by atoms with Crippen molar-refractivity contribution in [1.82, 2.24) is 5.32 Å².